The number of hydrogen-bond donors (Lipinski definition) is 3. The number of rotatable bonds is 44. The molecule has 1 amide bonds. The number of nitrogens with one attached hydrogen (secondary N) is 1. The van der Waals surface area contributed by atoms with Crippen molar-refractivity contribution in [3.8, 4) is 0 Å². The molecule has 58 heavy (non-hydrogen) atoms. The first-order valence-electron chi connectivity index (χ1n) is 24.9. The highest BCUT2D eigenvalue weighted by atomic mass is 16.5. The Morgan fingerprint density at radius 3 is 1.38 bits per heavy atom. The van der Waals surface area contributed by atoms with E-state index >= 15 is 0 Å². The fourth-order valence-electron chi connectivity index (χ4n) is 7.51. The second-order valence-electron chi connectivity index (χ2n) is 16.9. The Kier molecular flexibility index (Phi) is 44.2. The Labute approximate surface area is 359 Å². The smallest absolute Gasteiger partial charge is 0.306 e. The summed E-state index contributed by atoms with van der Waals surface area (Å²) in [5.41, 5.74) is 0. The summed E-state index contributed by atoms with van der Waals surface area (Å²) in [5, 5.41) is 23.7. The van der Waals surface area contributed by atoms with E-state index in [1.54, 1.807) is 0 Å². The maximum absolute atomic E-state index is 13.1. The van der Waals surface area contributed by atoms with E-state index in [1.165, 1.54) is 141 Å². The standard InChI is InChI=1S/C52H95NO5/c1-4-7-10-13-16-19-22-24-25-26-27-29-32-35-38-41-44-50(55)49(47-54)53-51(56)46-48(43-40-37-34-31-28-21-18-15-12-9-6-3)58-52(57)45-42-39-36-33-30-23-20-17-14-11-8-5-2/h9,12,15,18,21,28,31,34,48-50,54-55H,4-8,10-11,13-14,16-17,19-20,22-27,29-30,32-33,35-47H2,1-3H3,(H,53,56)/b12-9+,18-15+,28-21-,34-31-. The molecule has 0 fully saturated rings. The van der Waals surface area contributed by atoms with E-state index in [1.807, 2.05) is 36.5 Å². The van der Waals surface area contributed by atoms with Gasteiger partial charge in [-0.05, 0) is 38.5 Å². The lowest BCUT2D eigenvalue weighted by atomic mass is 10.0. The summed E-state index contributed by atoms with van der Waals surface area (Å²) in [6.07, 6.45) is 54.7. The number of aliphatic hydroxyl groups is 2. The van der Waals surface area contributed by atoms with Crippen LogP contribution in [0.3, 0.4) is 0 Å². The van der Waals surface area contributed by atoms with Gasteiger partial charge in [-0.1, -0.05) is 243 Å². The number of unbranched alkanes of at least 4 members (excludes halogenated alkanes) is 27. The summed E-state index contributed by atoms with van der Waals surface area (Å²) in [6, 6.07) is -0.720. The van der Waals surface area contributed by atoms with Crippen molar-refractivity contribution in [1.82, 2.24) is 5.32 Å². The van der Waals surface area contributed by atoms with Crippen LogP contribution in [0.15, 0.2) is 48.6 Å². The van der Waals surface area contributed by atoms with E-state index in [-0.39, 0.29) is 24.9 Å². The van der Waals surface area contributed by atoms with Crippen LogP contribution in [-0.2, 0) is 14.3 Å². The molecule has 0 aromatic heterocycles. The summed E-state index contributed by atoms with van der Waals surface area (Å²) in [7, 11) is 0. The molecule has 0 rings (SSSR count). The zero-order chi connectivity index (χ0) is 42.4. The van der Waals surface area contributed by atoms with Gasteiger partial charge in [-0.15, -0.1) is 0 Å². The third kappa shape index (κ3) is 40.6. The topological polar surface area (TPSA) is 95.9 Å². The minimum absolute atomic E-state index is 0.0339. The van der Waals surface area contributed by atoms with Gasteiger partial charge in [0.05, 0.1) is 25.2 Å². The SMILES string of the molecule is CC/C=C/C=C/C=C\C=C/CCCC(CC(=O)NC(CO)C(O)CCCCCCCCCCCCCCCCCC)OC(=O)CCCCCCCCCCCCCC. The van der Waals surface area contributed by atoms with Crippen molar-refractivity contribution in [2.75, 3.05) is 6.61 Å². The van der Waals surface area contributed by atoms with Gasteiger partial charge >= 0.3 is 5.97 Å². The van der Waals surface area contributed by atoms with Crippen LogP contribution in [0.1, 0.15) is 245 Å². The second kappa shape index (κ2) is 45.9. The Morgan fingerprint density at radius 1 is 0.517 bits per heavy atom. The highest BCUT2D eigenvalue weighted by Gasteiger charge is 2.24. The number of allylic oxidation sites excluding steroid dienone is 8. The molecule has 338 valence electrons. The lowest BCUT2D eigenvalue weighted by Crippen LogP contribution is -2.46. The first kappa shape index (κ1) is 55.8. The number of ether oxygens (including phenoxy) is 1. The predicted molar refractivity (Wildman–Crippen MR) is 250 cm³/mol. The van der Waals surface area contributed by atoms with E-state index in [4.69, 9.17) is 4.74 Å². The zero-order valence-corrected chi connectivity index (χ0v) is 38.4. The van der Waals surface area contributed by atoms with Crippen molar-refractivity contribution in [2.24, 2.45) is 0 Å². The molecule has 3 unspecified atom stereocenters. The average molecular weight is 814 g/mol. The number of esters is 1. The molecule has 0 aliphatic rings. The Bertz CT molecular complexity index is 1000. The van der Waals surface area contributed by atoms with E-state index in [2.05, 4.69) is 38.2 Å². The number of amides is 1. The van der Waals surface area contributed by atoms with Crippen LogP contribution < -0.4 is 5.32 Å². The Morgan fingerprint density at radius 2 is 0.931 bits per heavy atom. The van der Waals surface area contributed by atoms with Crippen molar-refractivity contribution in [3.05, 3.63) is 48.6 Å². The van der Waals surface area contributed by atoms with E-state index in [9.17, 15) is 19.8 Å². The quantitative estimate of drug-likeness (QED) is 0.0323. The van der Waals surface area contributed by atoms with Crippen LogP contribution in [0.25, 0.3) is 0 Å². The minimum Gasteiger partial charge on any atom is -0.462 e. The third-order valence-corrected chi connectivity index (χ3v) is 11.3. The average Bonchev–Trinajstić information content (AvgIpc) is 3.22. The van der Waals surface area contributed by atoms with Gasteiger partial charge < -0.3 is 20.3 Å². The van der Waals surface area contributed by atoms with Gasteiger partial charge in [-0.3, -0.25) is 9.59 Å². The first-order valence-corrected chi connectivity index (χ1v) is 24.9. The summed E-state index contributed by atoms with van der Waals surface area (Å²) in [4.78, 5) is 26.0. The molecule has 6 heteroatoms. The Balaban J connectivity index is 4.55. The predicted octanol–water partition coefficient (Wildman–Crippen LogP) is 14.7. The van der Waals surface area contributed by atoms with Crippen LogP contribution in [-0.4, -0.2) is 46.9 Å². The maximum atomic E-state index is 13.1. The van der Waals surface area contributed by atoms with Crippen molar-refractivity contribution in [3.63, 3.8) is 0 Å². The van der Waals surface area contributed by atoms with Crippen LogP contribution in [0, 0.1) is 0 Å². The highest BCUT2D eigenvalue weighted by molar-refractivity contribution is 5.77. The van der Waals surface area contributed by atoms with Crippen molar-refractivity contribution in [1.29, 1.82) is 0 Å². The molecule has 3 N–H and O–H groups in total. The van der Waals surface area contributed by atoms with Gasteiger partial charge in [0.2, 0.25) is 5.91 Å². The fourth-order valence-corrected chi connectivity index (χ4v) is 7.51. The monoisotopic (exact) mass is 814 g/mol. The van der Waals surface area contributed by atoms with Gasteiger partial charge in [0.25, 0.3) is 0 Å². The molecular formula is C52H95NO5. The van der Waals surface area contributed by atoms with Gasteiger partial charge in [-0.25, -0.2) is 0 Å². The molecule has 0 aliphatic carbocycles. The molecule has 0 radical (unpaired) electrons. The molecule has 0 saturated heterocycles. The lowest BCUT2D eigenvalue weighted by Gasteiger charge is -2.24. The normalized spacial score (nSPS) is 13.7. The number of carbonyl (C=O) groups is 2. The third-order valence-electron chi connectivity index (χ3n) is 11.3. The Hall–Kier alpha value is -2.18. The first-order chi connectivity index (χ1) is 28.5. The van der Waals surface area contributed by atoms with Crippen molar-refractivity contribution >= 4 is 11.9 Å². The summed E-state index contributed by atoms with van der Waals surface area (Å²) in [5.74, 6) is -0.537. The minimum atomic E-state index is -0.803. The van der Waals surface area contributed by atoms with Crippen LogP contribution in [0.5, 0.6) is 0 Å². The molecule has 0 aromatic carbocycles. The molecule has 0 heterocycles. The number of carbonyl (C=O) groups excluding carboxylic acids is 2. The largest absolute Gasteiger partial charge is 0.462 e. The lowest BCUT2D eigenvalue weighted by molar-refractivity contribution is -0.151. The highest BCUT2D eigenvalue weighted by Crippen LogP contribution is 2.17. The van der Waals surface area contributed by atoms with Crippen LogP contribution in [0.4, 0.5) is 0 Å². The van der Waals surface area contributed by atoms with E-state index < -0.39 is 18.2 Å². The van der Waals surface area contributed by atoms with E-state index in [0.717, 1.165) is 57.8 Å². The van der Waals surface area contributed by atoms with Crippen LogP contribution >= 0.6 is 0 Å². The number of aliphatic hydroxyl groups excluding tert-OH is 2. The van der Waals surface area contributed by atoms with Gasteiger partial charge in [0.15, 0.2) is 0 Å². The molecule has 0 aliphatic heterocycles. The summed E-state index contributed by atoms with van der Waals surface area (Å²) < 4.78 is 5.87. The molecule has 0 spiro atoms. The molecule has 0 bridgehead atoms. The van der Waals surface area contributed by atoms with Crippen LogP contribution in [0.2, 0.25) is 0 Å². The summed E-state index contributed by atoms with van der Waals surface area (Å²) >= 11 is 0. The number of hydrogen-bond acceptors (Lipinski definition) is 5. The molecular weight excluding hydrogens is 719 g/mol. The molecule has 0 saturated carbocycles. The summed E-state index contributed by atoms with van der Waals surface area (Å²) in [6.45, 7) is 6.32. The van der Waals surface area contributed by atoms with E-state index in [0.29, 0.717) is 19.3 Å². The zero-order valence-electron chi connectivity index (χ0n) is 38.4. The maximum Gasteiger partial charge on any atom is 0.306 e. The van der Waals surface area contributed by atoms with Gasteiger partial charge in [0, 0.05) is 6.42 Å². The molecule has 3 atom stereocenters. The van der Waals surface area contributed by atoms with Crippen molar-refractivity contribution < 1.29 is 24.5 Å². The van der Waals surface area contributed by atoms with Crippen molar-refractivity contribution in [2.45, 2.75) is 264 Å². The second-order valence-corrected chi connectivity index (χ2v) is 16.9. The van der Waals surface area contributed by atoms with Gasteiger partial charge in [-0.2, -0.15) is 0 Å². The fraction of sp³-hybridized carbons (Fsp3) is 0.808. The molecule has 6 nitrogen and oxygen atoms in total. The van der Waals surface area contributed by atoms with Gasteiger partial charge in [0.1, 0.15) is 6.10 Å². The molecule has 0 aromatic rings.